The Kier molecular flexibility index (Phi) is 7.23. The fourth-order valence-corrected chi connectivity index (χ4v) is 1.56. The molecular formula is C13H20ClNO. The Morgan fingerprint density at radius 2 is 2.06 bits per heavy atom. The lowest BCUT2D eigenvalue weighted by molar-refractivity contribution is 0.123. The summed E-state index contributed by atoms with van der Waals surface area (Å²) >= 11 is 6.01. The van der Waals surface area contributed by atoms with Gasteiger partial charge in [0.2, 0.25) is 0 Å². The molecule has 1 aromatic rings. The van der Waals surface area contributed by atoms with Gasteiger partial charge in [-0.25, -0.2) is 0 Å². The van der Waals surface area contributed by atoms with E-state index in [2.05, 4.69) is 12.2 Å². The molecule has 0 spiro atoms. The molecule has 2 nitrogen and oxygen atoms in total. The molecule has 0 heterocycles. The number of unbranched alkanes of at least 4 members (excludes halogenated alkanes) is 1. The van der Waals surface area contributed by atoms with Crippen LogP contribution in [-0.4, -0.2) is 19.7 Å². The second-order valence-corrected chi connectivity index (χ2v) is 4.15. The Balaban J connectivity index is 2.05. The summed E-state index contributed by atoms with van der Waals surface area (Å²) in [4.78, 5) is 0. The maximum atomic E-state index is 6.01. The lowest BCUT2D eigenvalue weighted by Crippen LogP contribution is -2.20. The van der Waals surface area contributed by atoms with Gasteiger partial charge in [-0.3, -0.25) is 0 Å². The van der Waals surface area contributed by atoms with Gasteiger partial charge in [0.25, 0.3) is 0 Å². The van der Waals surface area contributed by atoms with Gasteiger partial charge in [-0.2, -0.15) is 0 Å². The first-order valence-corrected chi connectivity index (χ1v) is 6.24. The van der Waals surface area contributed by atoms with E-state index in [1.165, 1.54) is 12.8 Å². The van der Waals surface area contributed by atoms with Crippen molar-refractivity contribution in [3.05, 3.63) is 34.9 Å². The predicted octanol–water partition coefficient (Wildman–Crippen LogP) is 3.25. The molecule has 0 aromatic heterocycles. The number of halogens is 1. The normalized spacial score (nSPS) is 10.6. The fourth-order valence-electron chi connectivity index (χ4n) is 1.37. The van der Waals surface area contributed by atoms with Gasteiger partial charge in [-0.1, -0.05) is 43.1 Å². The predicted molar refractivity (Wildman–Crippen MR) is 68.9 cm³/mol. The van der Waals surface area contributed by atoms with Crippen molar-refractivity contribution < 1.29 is 4.74 Å². The van der Waals surface area contributed by atoms with E-state index in [-0.39, 0.29) is 0 Å². The molecule has 0 unspecified atom stereocenters. The van der Waals surface area contributed by atoms with Crippen molar-refractivity contribution in [1.29, 1.82) is 0 Å². The third-order valence-electron chi connectivity index (χ3n) is 2.35. The minimum absolute atomic E-state index is 0.592. The summed E-state index contributed by atoms with van der Waals surface area (Å²) in [5.74, 6) is 0. The molecule has 0 amide bonds. The van der Waals surface area contributed by atoms with Crippen molar-refractivity contribution in [1.82, 2.24) is 5.32 Å². The van der Waals surface area contributed by atoms with Crippen LogP contribution in [0.1, 0.15) is 25.3 Å². The first-order chi connectivity index (χ1) is 7.84. The molecule has 1 N–H and O–H groups in total. The molecule has 0 saturated carbocycles. The maximum Gasteiger partial charge on any atom is 0.0731 e. The average Bonchev–Trinajstić information content (AvgIpc) is 2.30. The highest BCUT2D eigenvalue weighted by Gasteiger charge is 1.97. The zero-order chi connectivity index (χ0) is 11.6. The molecular weight excluding hydrogens is 222 g/mol. The van der Waals surface area contributed by atoms with Crippen LogP contribution in [-0.2, 0) is 11.3 Å². The van der Waals surface area contributed by atoms with Gasteiger partial charge < -0.3 is 10.1 Å². The van der Waals surface area contributed by atoms with E-state index in [1.807, 2.05) is 24.3 Å². The Morgan fingerprint density at radius 1 is 1.25 bits per heavy atom. The van der Waals surface area contributed by atoms with Crippen LogP contribution in [0.2, 0.25) is 5.02 Å². The second-order valence-electron chi connectivity index (χ2n) is 3.75. The van der Waals surface area contributed by atoms with Crippen LogP contribution in [0.15, 0.2) is 24.3 Å². The van der Waals surface area contributed by atoms with Crippen LogP contribution in [0.3, 0.4) is 0 Å². The van der Waals surface area contributed by atoms with Gasteiger partial charge in [-0.05, 0) is 24.6 Å². The number of nitrogens with one attached hydrogen (secondary N) is 1. The first kappa shape index (κ1) is 13.5. The van der Waals surface area contributed by atoms with Crippen molar-refractivity contribution in [2.24, 2.45) is 0 Å². The number of ether oxygens (including phenoxy) is 1. The van der Waals surface area contributed by atoms with E-state index < -0.39 is 0 Å². The molecule has 1 rings (SSSR count). The van der Waals surface area contributed by atoms with Crippen molar-refractivity contribution in [2.75, 3.05) is 19.7 Å². The van der Waals surface area contributed by atoms with Crippen LogP contribution >= 0.6 is 11.6 Å². The smallest absolute Gasteiger partial charge is 0.0731 e. The Morgan fingerprint density at radius 3 is 2.81 bits per heavy atom. The average molecular weight is 242 g/mol. The molecule has 90 valence electrons. The Hall–Kier alpha value is -0.570. The SMILES string of the molecule is CCCCNCCOCc1ccccc1Cl. The number of benzene rings is 1. The van der Waals surface area contributed by atoms with Gasteiger partial charge in [0, 0.05) is 11.6 Å². The molecule has 0 aliphatic heterocycles. The van der Waals surface area contributed by atoms with Crippen molar-refractivity contribution in [3.8, 4) is 0 Å². The molecule has 0 aliphatic carbocycles. The summed E-state index contributed by atoms with van der Waals surface area (Å²) in [7, 11) is 0. The van der Waals surface area contributed by atoms with Gasteiger partial charge in [0.05, 0.1) is 13.2 Å². The zero-order valence-corrected chi connectivity index (χ0v) is 10.6. The van der Waals surface area contributed by atoms with Crippen molar-refractivity contribution >= 4 is 11.6 Å². The quantitative estimate of drug-likeness (QED) is 0.706. The molecule has 0 saturated heterocycles. The van der Waals surface area contributed by atoms with Crippen LogP contribution < -0.4 is 5.32 Å². The summed E-state index contributed by atoms with van der Waals surface area (Å²) in [5.41, 5.74) is 1.05. The monoisotopic (exact) mass is 241 g/mol. The van der Waals surface area contributed by atoms with E-state index in [1.54, 1.807) is 0 Å². The van der Waals surface area contributed by atoms with Crippen LogP contribution in [0.25, 0.3) is 0 Å². The second kappa shape index (κ2) is 8.57. The summed E-state index contributed by atoms with van der Waals surface area (Å²) < 4.78 is 5.53. The maximum absolute atomic E-state index is 6.01. The third-order valence-corrected chi connectivity index (χ3v) is 2.71. The van der Waals surface area contributed by atoms with Gasteiger partial charge in [-0.15, -0.1) is 0 Å². The van der Waals surface area contributed by atoms with Gasteiger partial charge in [0.15, 0.2) is 0 Å². The van der Waals surface area contributed by atoms with Crippen LogP contribution in [0.4, 0.5) is 0 Å². The molecule has 0 bridgehead atoms. The largest absolute Gasteiger partial charge is 0.375 e. The molecule has 0 aliphatic rings. The highest BCUT2D eigenvalue weighted by Crippen LogP contribution is 2.15. The Labute approximate surface area is 103 Å². The van der Waals surface area contributed by atoms with Gasteiger partial charge in [0.1, 0.15) is 0 Å². The summed E-state index contributed by atoms with van der Waals surface area (Å²) in [5, 5.41) is 4.11. The highest BCUT2D eigenvalue weighted by atomic mass is 35.5. The standard InChI is InChI=1S/C13H20ClNO/c1-2-3-8-15-9-10-16-11-12-6-4-5-7-13(12)14/h4-7,15H,2-3,8-11H2,1H3. The summed E-state index contributed by atoms with van der Waals surface area (Å²) in [6, 6.07) is 7.79. The lowest BCUT2D eigenvalue weighted by atomic mass is 10.2. The van der Waals surface area contributed by atoms with Crippen molar-refractivity contribution in [2.45, 2.75) is 26.4 Å². The summed E-state index contributed by atoms with van der Waals surface area (Å²) in [6.45, 7) is 5.50. The molecule has 3 heteroatoms. The Bertz CT molecular complexity index is 291. The fraction of sp³-hybridized carbons (Fsp3) is 0.538. The van der Waals surface area contributed by atoms with Gasteiger partial charge >= 0.3 is 0 Å². The third kappa shape index (κ3) is 5.50. The minimum atomic E-state index is 0.592. The summed E-state index contributed by atoms with van der Waals surface area (Å²) in [6.07, 6.45) is 2.46. The lowest BCUT2D eigenvalue weighted by Gasteiger charge is -2.06. The molecule has 0 atom stereocenters. The molecule has 0 radical (unpaired) electrons. The topological polar surface area (TPSA) is 21.3 Å². The van der Waals surface area contributed by atoms with Crippen molar-refractivity contribution in [3.63, 3.8) is 0 Å². The minimum Gasteiger partial charge on any atom is -0.375 e. The number of rotatable bonds is 8. The molecule has 0 fully saturated rings. The van der Waals surface area contributed by atoms with E-state index in [4.69, 9.17) is 16.3 Å². The van der Waals surface area contributed by atoms with E-state index >= 15 is 0 Å². The van der Waals surface area contributed by atoms with Crippen LogP contribution in [0.5, 0.6) is 0 Å². The molecule has 16 heavy (non-hydrogen) atoms. The highest BCUT2D eigenvalue weighted by molar-refractivity contribution is 6.31. The molecule has 1 aromatic carbocycles. The van der Waals surface area contributed by atoms with Crippen LogP contribution in [0, 0.1) is 0 Å². The zero-order valence-electron chi connectivity index (χ0n) is 9.84. The van der Waals surface area contributed by atoms with E-state index in [0.717, 1.165) is 30.3 Å². The number of hydrogen-bond acceptors (Lipinski definition) is 2. The first-order valence-electron chi connectivity index (χ1n) is 5.86. The van der Waals surface area contributed by atoms with E-state index in [0.29, 0.717) is 6.61 Å². The van der Waals surface area contributed by atoms with E-state index in [9.17, 15) is 0 Å². The number of hydrogen-bond donors (Lipinski definition) is 1.